The van der Waals surface area contributed by atoms with Gasteiger partial charge in [-0.15, -0.1) is 0 Å². The molecule has 2 N–H and O–H groups in total. The number of nitrogens with zero attached hydrogens (tertiary/aromatic N) is 2. The van der Waals surface area contributed by atoms with Gasteiger partial charge in [-0.25, -0.2) is 4.39 Å². The summed E-state index contributed by atoms with van der Waals surface area (Å²) in [4.78, 5) is 6.63. The summed E-state index contributed by atoms with van der Waals surface area (Å²) < 4.78 is 18.4. The SMILES string of the molecule is COc1ccc2ncc(Cl)c(C(O)CCC3(CO)CCN(CC#Cc4ccc(F)cc4)CC3)c2c1. The van der Waals surface area contributed by atoms with Crippen LogP contribution >= 0.6 is 11.6 Å². The van der Waals surface area contributed by atoms with E-state index in [-0.39, 0.29) is 17.8 Å². The highest BCUT2D eigenvalue weighted by molar-refractivity contribution is 6.32. The molecule has 2 heterocycles. The van der Waals surface area contributed by atoms with Crippen LogP contribution in [0.5, 0.6) is 5.75 Å². The van der Waals surface area contributed by atoms with Gasteiger partial charge in [0.25, 0.3) is 0 Å². The monoisotopic (exact) mass is 496 g/mol. The Morgan fingerprint density at radius 2 is 1.94 bits per heavy atom. The van der Waals surface area contributed by atoms with E-state index < -0.39 is 6.10 Å². The number of hydrogen-bond donors (Lipinski definition) is 2. The van der Waals surface area contributed by atoms with Crippen LogP contribution in [-0.2, 0) is 0 Å². The van der Waals surface area contributed by atoms with Crippen molar-refractivity contribution >= 4 is 22.5 Å². The summed E-state index contributed by atoms with van der Waals surface area (Å²) in [6.07, 6.45) is 3.62. The molecule has 0 aliphatic carbocycles. The molecule has 0 spiro atoms. The first-order valence-electron chi connectivity index (χ1n) is 11.8. The molecule has 2 aromatic carbocycles. The lowest BCUT2D eigenvalue weighted by molar-refractivity contribution is 0.0273. The van der Waals surface area contributed by atoms with E-state index in [0.29, 0.717) is 35.7 Å². The molecule has 1 aromatic heterocycles. The first kappa shape index (κ1) is 25.4. The zero-order valence-electron chi connectivity index (χ0n) is 19.8. The fourth-order valence-corrected chi connectivity index (χ4v) is 4.96. The van der Waals surface area contributed by atoms with Crippen molar-refractivity contribution in [2.24, 2.45) is 5.41 Å². The molecular formula is C28H30ClFN2O3. The zero-order chi connectivity index (χ0) is 24.8. The molecule has 1 atom stereocenters. The number of halogens is 2. The topological polar surface area (TPSA) is 65.8 Å². The van der Waals surface area contributed by atoms with Gasteiger partial charge in [0.1, 0.15) is 11.6 Å². The Labute approximate surface area is 210 Å². The van der Waals surface area contributed by atoms with Crippen LogP contribution in [0.4, 0.5) is 4.39 Å². The second-order valence-corrected chi connectivity index (χ2v) is 9.61. The van der Waals surface area contributed by atoms with Crippen LogP contribution in [0.3, 0.4) is 0 Å². The number of hydrogen-bond acceptors (Lipinski definition) is 5. The first-order valence-corrected chi connectivity index (χ1v) is 12.2. The number of aliphatic hydroxyl groups is 2. The molecule has 1 aliphatic heterocycles. The van der Waals surface area contributed by atoms with Crippen molar-refractivity contribution in [2.75, 3.05) is 33.4 Å². The van der Waals surface area contributed by atoms with E-state index in [2.05, 4.69) is 21.7 Å². The molecule has 184 valence electrons. The number of ether oxygens (including phenoxy) is 1. The lowest BCUT2D eigenvalue weighted by atomic mass is 9.74. The van der Waals surface area contributed by atoms with E-state index in [1.165, 1.54) is 12.1 Å². The number of aromatic nitrogens is 1. The van der Waals surface area contributed by atoms with Crippen LogP contribution in [0.25, 0.3) is 10.9 Å². The highest BCUT2D eigenvalue weighted by Gasteiger charge is 2.34. The van der Waals surface area contributed by atoms with Crippen LogP contribution in [0.15, 0.2) is 48.7 Å². The van der Waals surface area contributed by atoms with Crippen LogP contribution in [-0.4, -0.2) is 53.4 Å². The molecule has 1 aliphatic rings. The number of rotatable bonds is 7. The van der Waals surface area contributed by atoms with Gasteiger partial charge < -0.3 is 14.9 Å². The standard InChI is InChI=1S/C28H30ClFN2O3/c1-35-22-8-9-25-23(17-22)27(24(29)18-31-25)26(34)10-11-28(19-33)12-15-32(16-13-28)14-2-3-20-4-6-21(30)7-5-20/h4-9,17-18,26,33-34H,10-16,19H2,1H3. The highest BCUT2D eigenvalue weighted by Crippen LogP contribution is 2.40. The number of pyridine rings is 1. The maximum atomic E-state index is 13.0. The van der Waals surface area contributed by atoms with Crippen LogP contribution in [0.1, 0.15) is 42.9 Å². The average molecular weight is 497 g/mol. The van der Waals surface area contributed by atoms with Gasteiger partial charge in [0.05, 0.1) is 30.3 Å². The van der Waals surface area contributed by atoms with E-state index in [4.69, 9.17) is 16.3 Å². The fourth-order valence-electron chi connectivity index (χ4n) is 4.68. The molecule has 1 fully saturated rings. The number of fused-ring (bicyclic) bond motifs is 1. The maximum absolute atomic E-state index is 13.0. The molecule has 4 rings (SSSR count). The molecule has 0 radical (unpaired) electrons. The summed E-state index contributed by atoms with van der Waals surface area (Å²) in [7, 11) is 1.60. The van der Waals surface area contributed by atoms with Gasteiger partial charge in [-0.1, -0.05) is 23.4 Å². The molecule has 0 bridgehead atoms. The summed E-state index contributed by atoms with van der Waals surface area (Å²) in [5.74, 6) is 6.64. The molecule has 1 saturated heterocycles. The van der Waals surface area contributed by atoms with Gasteiger partial charge >= 0.3 is 0 Å². The molecule has 0 amide bonds. The van der Waals surface area contributed by atoms with Gasteiger partial charge in [-0.3, -0.25) is 9.88 Å². The third-order valence-electron chi connectivity index (χ3n) is 6.98. The Morgan fingerprint density at radius 3 is 2.63 bits per heavy atom. The van der Waals surface area contributed by atoms with E-state index in [9.17, 15) is 14.6 Å². The summed E-state index contributed by atoms with van der Waals surface area (Å²) in [5.41, 5.74) is 1.95. The summed E-state index contributed by atoms with van der Waals surface area (Å²) in [6.45, 7) is 2.35. The Morgan fingerprint density at radius 1 is 1.20 bits per heavy atom. The minimum atomic E-state index is -0.775. The molecule has 7 heteroatoms. The minimum absolute atomic E-state index is 0.0769. The Hall–Kier alpha value is -2.69. The van der Waals surface area contributed by atoms with Crippen LogP contribution in [0.2, 0.25) is 5.02 Å². The normalized spacial score (nSPS) is 16.5. The fraction of sp³-hybridized carbons (Fsp3) is 0.393. The summed E-state index contributed by atoms with van der Waals surface area (Å²) in [5, 5.41) is 22.5. The average Bonchev–Trinajstić information content (AvgIpc) is 2.89. The molecule has 1 unspecified atom stereocenters. The molecular weight excluding hydrogens is 467 g/mol. The second-order valence-electron chi connectivity index (χ2n) is 9.20. The van der Waals surface area contributed by atoms with Crippen molar-refractivity contribution in [1.82, 2.24) is 9.88 Å². The minimum Gasteiger partial charge on any atom is -0.497 e. The smallest absolute Gasteiger partial charge is 0.123 e. The van der Waals surface area contributed by atoms with Crippen molar-refractivity contribution in [1.29, 1.82) is 0 Å². The Bertz CT molecular complexity index is 1210. The van der Waals surface area contributed by atoms with Gasteiger partial charge in [-0.2, -0.15) is 0 Å². The molecule has 5 nitrogen and oxygen atoms in total. The van der Waals surface area contributed by atoms with E-state index >= 15 is 0 Å². The van der Waals surface area contributed by atoms with Gasteiger partial charge in [0.2, 0.25) is 0 Å². The Kier molecular flexibility index (Phi) is 8.25. The van der Waals surface area contributed by atoms with Gasteiger partial charge in [0.15, 0.2) is 0 Å². The predicted molar refractivity (Wildman–Crippen MR) is 136 cm³/mol. The molecule has 35 heavy (non-hydrogen) atoms. The number of aliphatic hydroxyl groups excluding tert-OH is 2. The lowest BCUT2D eigenvalue weighted by Crippen LogP contribution is -2.42. The second kappa shape index (κ2) is 11.4. The molecule has 3 aromatic rings. The third-order valence-corrected chi connectivity index (χ3v) is 7.28. The first-order chi connectivity index (χ1) is 16.9. The van der Waals surface area contributed by atoms with Crippen LogP contribution < -0.4 is 4.74 Å². The van der Waals surface area contributed by atoms with Crippen molar-refractivity contribution in [3.05, 3.63) is 70.6 Å². The largest absolute Gasteiger partial charge is 0.497 e. The number of piperidine rings is 1. The van der Waals surface area contributed by atoms with Crippen molar-refractivity contribution < 1.29 is 19.3 Å². The number of likely N-dealkylation sites (tertiary alicyclic amines) is 1. The third kappa shape index (κ3) is 6.12. The highest BCUT2D eigenvalue weighted by atomic mass is 35.5. The molecule has 0 saturated carbocycles. The van der Waals surface area contributed by atoms with Gasteiger partial charge in [0, 0.05) is 29.3 Å². The van der Waals surface area contributed by atoms with Crippen molar-refractivity contribution in [3.63, 3.8) is 0 Å². The lowest BCUT2D eigenvalue weighted by Gasteiger charge is -2.40. The van der Waals surface area contributed by atoms with E-state index in [0.717, 1.165) is 42.4 Å². The van der Waals surface area contributed by atoms with E-state index in [1.807, 2.05) is 18.2 Å². The number of benzene rings is 2. The van der Waals surface area contributed by atoms with Crippen molar-refractivity contribution in [2.45, 2.75) is 31.8 Å². The van der Waals surface area contributed by atoms with Crippen molar-refractivity contribution in [3.8, 4) is 17.6 Å². The zero-order valence-corrected chi connectivity index (χ0v) is 20.6. The maximum Gasteiger partial charge on any atom is 0.123 e. The Balaban J connectivity index is 1.37. The van der Waals surface area contributed by atoms with E-state index in [1.54, 1.807) is 25.4 Å². The summed E-state index contributed by atoms with van der Waals surface area (Å²) >= 11 is 6.45. The quantitative estimate of drug-likeness (QED) is 0.452. The van der Waals surface area contributed by atoms with Gasteiger partial charge in [-0.05, 0) is 86.7 Å². The summed E-state index contributed by atoms with van der Waals surface area (Å²) in [6, 6.07) is 11.7. The van der Waals surface area contributed by atoms with Crippen LogP contribution in [0, 0.1) is 23.1 Å². The predicted octanol–water partition coefficient (Wildman–Crippen LogP) is 4.98. The number of methoxy groups -OCH3 is 1.